The Balaban J connectivity index is 2.18. The van der Waals surface area contributed by atoms with Gasteiger partial charge in [-0.15, -0.1) is 0 Å². The molecular formula is C12H13NO. The van der Waals surface area contributed by atoms with E-state index in [1.165, 1.54) is 5.56 Å². The summed E-state index contributed by atoms with van der Waals surface area (Å²) in [5, 5.41) is 0. The summed E-state index contributed by atoms with van der Waals surface area (Å²) in [6.45, 7) is 9.65. The van der Waals surface area contributed by atoms with E-state index in [0.717, 1.165) is 12.2 Å². The van der Waals surface area contributed by atoms with Crippen LogP contribution in [0.4, 0.5) is 0 Å². The largest absolute Gasteiger partial charge is 0.493 e. The summed E-state index contributed by atoms with van der Waals surface area (Å²) >= 11 is 0. The standard InChI is InChI=1S/C12H13NO/c1-9(13-2)11-7-10-5-3-4-6-12(10)14-8-11/h3-6,9,11H,7-8H2,1H3. The van der Waals surface area contributed by atoms with E-state index in [2.05, 4.69) is 10.9 Å². The highest BCUT2D eigenvalue weighted by atomic mass is 16.5. The molecule has 72 valence electrons. The third-order valence-electron chi connectivity index (χ3n) is 2.79. The lowest BCUT2D eigenvalue weighted by atomic mass is 9.92. The van der Waals surface area contributed by atoms with E-state index in [4.69, 9.17) is 11.3 Å². The highest BCUT2D eigenvalue weighted by Crippen LogP contribution is 2.28. The molecule has 14 heavy (non-hydrogen) atoms. The van der Waals surface area contributed by atoms with Gasteiger partial charge in [-0.3, -0.25) is 0 Å². The van der Waals surface area contributed by atoms with Crippen LogP contribution in [-0.2, 0) is 6.42 Å². The molecule has 2 atom stereocenters. The number of rotatable bonds is 1. The number of ether oxygens (including phenoxy) is 1. The Bertz CT molecular complexity index is 367. The monoisotopic (exact) mass is 187 g/mol. The molecule has 0 saturated heterocycles. The van der Waals surface area contributed by atoms with Crippen molar-refractivity contribution in [2.75, 3.05) is 6.61 Å². The third kappa shape index (κ3) is 1.58. The van der Waals surface area contributed by atoms with E-state index >= 15 is 0 Å². The summed E-state index contributed by atoms with van der Waals surface area (Å²) in [5.74, 6) is 1.34. The van der Waals surface area contributed by atoms with Crippen LogP contribution in [0.5, 0.6) is 5.75 Å². The van der Waals surface area contributed by atoms with Gasteiger partial charge in [0.25, 0.3) is 0 Å². The SMILES string of the molecule is [C-]#[N+]C(C)C1COc2ccccc2C1. The molecule has 0 aromatic heterocycles. The minimum atomic E-state index is 0.0587. The second-order valence-corrected chi connectivity index (χ2v) is 3.75. The molecule has 0 bridgehead atoms. The smallest absolute Gasteiger partial charge is 0.227 e. The first-order valence-corrected chi connectivity index (χ1v) is 4.88. The van der Waals surface area contributed by atoms with Gasteiger partial charge >= 0.3 is 0 Å². The molecule has 0 N–H and O–H groups in total. The Hall–Kier alpha value is -1.49. The van der Waals surface area contributed by atoms with Crippen LogP contribution in [-0.4, -0.2) is 12.6 Å². The number of para-hydroxylation sites is 1. The highest BCUT2D eigenvalue weighted by molar-refractivity contribution is 5.35. The normalized spacial score (nSPS) is 21.6. The van der Waals surface area contributed by atoms with Gasteiger partial charge in [0.2, 0.25) is 6.04 Å². The van der Waals surface area contributed by atoms with E-state index in [9.17, 15) is 0 Å². The van der Waals surface area contributed by atoms with Crippen LogP contribution in [0.2, 0.25) is 0 Å². The zero-order valence-corrected chi connectivity index (χ0v) is 8.23. The van der Waals surface area contributed by atoms with Crippen molar-refractivity contribution < 1.29 is 4.74 Å². The Morgan fingerprint density at radius 1 is 1.50 bits per heavy atom. The molecule has 2 unspecified atom stereocenters. The van der Waals surface area contributed by atoms with Crippen molar-refractivity contribution in [2.45, 2.75) is 19.4 Å². The molecule has 1 aliphatic heterocycles. The van der Waals surface area contributed by atoms with E-state index in [0.29, 0.717) is 12.5 Å². The summed E-state index contributed by atoms with van der Waals surface area (Å²) in [7, 11) is 0. The minimum Gasteiger partial charge on any atom is -0.493 e. The second kappa shape index (κ2) is 3.71. The maximum absolute atomic E-state index is 7.00. The summed E-state index contributed by atoms with van der Waals surface area (Å²) in [6.07, 6.45) is 0.972. The van der Waals surface area contributed by atoms with Crippen molar-refractivity contribution in [1.29, 1.82) is 0 Å². The van der Waals surface area contributed by atoms with Gasteiger partial charge in [0.1, 0.15) is 5.75 Å². The van der Waals surface area contributed by atoms with Crippen LogP contribution < -0.4 is 4.74 Å². The predicted octanol–water partition coefficient (Wildman–Crippen LogP) is 2.55. The minimum absolute atomic E-state index is 0.0587. The zero-order chi connectivity index (χ0) is 9.97. The molecule has 0 radical (unpaired) electrons. The molecule has 0 fully saturated rings. The van der Waals surface area contributed by atoms with Crippen LogP contribution in [0, 0.1) is 12.5 Å². The van der Waals surface area contributed by atoms with Gasteiger partial charge in [-0.2, -0.15) is 0 Å². The average molecular weight is 187 g/mol. The van der Waals surface area contributed by atoms with Crippen molar-refractivity contribution >= 4 is 0 Å². The molecule has 0 saturated carbocycles. The van der Waals surface area contributed by atoms with Crippen LogP contribution in [0.3, 0.4) is 0 Å². The summed E-state index contributed by atoms with van der Waals surface area (Å²) in [5.41, 5.74) is 1.24. The number of hydrogen-bond acceptors (Lipinski definition) is 1. The van der Waals surface area contributed by atoms with Crippen molar-refractivity contribution in [2.24, 2.45) is 5.92 Å². The number of fused-ring (bicyclic) bond motifs is 1. The molecule has 2 heteroatoms. The maximum Gasteiger partial charge on any atom is 0.227 e. The van der Waals surface area contributed by atoms with E-state index in [1.807, 2.05) is 25.1 Å². The highest BCUT2D eigenvalue weighted by Gasteiger charge is 2.27. The number of nitrogens with zero attached hydrogens (tertiary/aromatic N) is 1. The van der Waals surface area contributed by atoms with E-state index in [1.54, 1.807) is 0 Å². The quantitative estimate of drug-likeness (QED) is 0.616. The zero-order valence-electron chi connectivity index (χ0n) is 8.23. The van der Waals surface area contributed by atoms with Gasteiger partial charge in [-0.05, 0) is 18.1 Å². The Morgan fingerprint density at radius 2 is 2.29 bits per heavy atom. The molecule has 0 aliphatic carbocycles. The fourth-order valence-corrected chi connectivity index (χ4v) is 1.77. The van der Waals surface area contributed by atoms with Crippen LogP contribution in [0.15, 0.2) is 24.3 Å². The number of hydrogen-bond donors (Lipinski definition) is 0. The van der Waals surface area contributed by atoms with Gasteiger partial charge < -0.3 is 9.58 Å². The van der Waals surface area contributed by atoms with Gasteiger partial charge in [0, 0.05) is 6.92 Å². The second-order valence-electron chi connectivity index (χ2n) is 3.75. The number of benzene rings is 1. The average Bonchev–Trinajstić information content (AvgIpc) is 2.27. The first-order valence-electron chi connectivity index (χ1n) is 4.88. The van der Waals surface area contributed by atoms with Gasteiger partial charge in [-0.25, -0.2) is 6.57 Å². The van der Waals surface area contributed by atoms with Gasteiger partial charge in [-0.1, -0.05) is 18.2 Å². The fraction of sp³-hybridized carbons (Fsp3) is 0.417. The van der Waals surface area contributed by atoms with Crippen LogP contribution >= 0.6 is 0 Å². The summed E-state index contributed by atoms with van der Waals surface area (Å²) < 4.78 is 5.62. The topological polar surface area (TPSA) is 13.6 Å². The molecule has 0 amide bonds. The van der Waals surface area contributed by atoms with Gasteiger partial charge in [0.15, 0.2) is 0 Å². The lowest BCUT2D eigenvalue weighted by molar-refractivity contribution is 0.213. The van der Waals surface area contributed by atoms with Gasteiger partial charge in [0.05, 0.1) is 12.5 Å². The summed E-state index contributed by atoms with van der Waals surface area (Å²) in [6, 6.07) is 8.14. The maximum atomic E-state index is 7.00. The van der Waals surface area contributed by atoms with Crippen molar-refractivity contribution in [1.82, 2.24) is 0 Å². The summed E-state index contributed by atoms with van der Waals surface area (Å²) in [4.78, 5) is 3.56. The molecule has 2 nitrogen and oxygen atoms in total. The Morgan fingerprint density at radius 3 is 3.07 bits per heavy atom. The Labute approximate surface area is 84.3 Å². The predicted molar refractivity (Wildman–Crippen MR) is 55.2 cm³/mol. The van der Waals surface area contributed by atoms with Crippen LogP contribution in [0.1, 0.15) is 12.5 Å². The molecule has 1 aromatic carbocycles. The molecule has 2 rings (SSSR count). The van der Waals surface area contributed by atoms with Crippen LogP contribution in [0.25, 0.3) is 4.85 Å². The fourth-order valence-electron chi connectivity index (χ4n) is 1.77. The molecule has 1 aromatic rings. The molecule has 0 spiro atoms. The Kier molecular flexibility index (Phi) is 2.41. The lowest BCUT2D eigenvalue weighted by Crippen LogP contribution is -2.27. The van der Waals surface area contributed by atoms with E-state index < -0.39 is 0 Å². The molecule has 1 aliphatic rings. The van der Waals surface area contributed by atoms with E-state index in [-0.39, 0.29) is 6.04 Å². The van der Waals surface area contributed by atoms with Crippen molar-refractivity contribution in [3.8, 4) is 5.75 Å². The molecular weight excluding hydrogens is 174 g/mol. The van der Waals surface area contributed by atoms with Crippen molar-refractivity contribution in [3.05, 3.63) is 41.2 Å². The molecule has 1 heterocycles. The lowest BCUT2D eigenvalue weighted by Gasteiger charge is -2.24. The van der Waals surface area contributed by atoms with Crippen molar-refractivity contribution in [3.63, 3.8) is 0 Å². The first-order chi connectivity index (χ1) is 6.81. The first kappa shape index (κ1) is 9.08. The third-order valence-corrected chi connectivity index (χ3v) is 2.79.